The highest BCUT2D eigenvalue weighted by Gasteiger charge is 2.46. The minimum Gasteiger partial charge on any atom is -0.480 e. The van der Waals surface area contributed by atoms with E-state index in [1.165, 1.54) is 11.8 Å². The fourth-order valence-corrected chi connectivity index (χ4v) is 4.35. The number of aliphatic carboxylic acids is 1. The standard InChI is InChI=1S/C12H20FN3O3S/c1-5-6(13)3-15-8-2-9(20-10(5)8)11(17)16-4-7(14)12(18)19/h5-10,15H,2-4,14H2,1H3,(H,16,17)(H,18,19)/t5?,6?,7-,8?,9?,10?/m1/s1. The van der Waals surface area contributed by atoms with Crippen molar-refractivity contribution in [1.29, 1.82) is 0 Å². The predicted molar refractivity (Wildman–Crippen MR) is 74.3 cm³/mol. The summed E-state index contributed by atoms with van der Waals surface area (Å²) in [7, 11) is 0. The molecule has 20 heavy (non-hydrogen) atoms. The van der Waals surface area contributed by atoms with Gasteiger partial charge in [-0.3, -0.25) is 9.59 Å². The number of amides is 1. The topological polar surface area (TPSA) is 104 Å². The summed E-state index contributed by atoms with van der Waals surface area (Å²) >= 11 is 1.47. The van der Waals surface area contributed by atoms with Gasteiger partial charge in [-0.1, -0.05) is 6.92 Å². The van der Waals surface area contributed by atoms with Gasteiger partial charge in [0.2, 0.25) is 5.91 Å². The molecule has 1 amide bonds. The number of hydrogen-bond acceptors (Lipinski definition) is 5. The van der Waals surface area contributed by atoms with Crippen LogP contribution in [0, 0.1) is 5.92 Å². The Bertz CT molecular complexity index is 398. The number of nitrogens with one attached hydrogen (secondary N) is 2. The number of piperidine rings is 1. The lowest BCUT2D eigenvalue weighted by molar-refractivity contribution is -0.138. The highest BCUT2D eigenvalue weighted by molar-refractivity contribution is 8.01. The van der Waals surface area contributed by atoms with Crippen LogP contribution < -0.4 is 16.4 Å². The monoisotopic (exact) mass is 305 g/mol. The normalized spacial score (nSPS) is 38.0. The van der Waals surface area contributed by atoms with Crippen molar-refractivity contribution in [2.45, 2.75) is 42.1 Å². The number of halogens is 1. The van der Waals surface area contributed by atoms with Gasteiger partial charge >= 0.3 is 5.97 Å². The van der Waals surface area contributed by atoms with Crippen molar-refractivity contribution in [2.24, 2.45) is 11.7 Å². The third-order valence-electron chi connectivity index (χ3n) is 3.96. The molecule has 2 rings (SSSR count). The fourth-order valence-electron chi connectivity index (χ4n) is 2.63. The number of carbonyl (C=O) groups is 2. The predicted octanol–water partition coefficient (Wildman–Crippen LogP) is -0.665. The molecule has 2 saturated heterocycles. The van der Waals surface area contributed by atoms with Gasteiger partial charge in [0.15, 0.2) is 0 Å². The average molecular weight is 305 g/mol. The van der Waals surface area contributed by atoms with E-state index >= 15 is 0 Å². The van der Waals surface area contributed by atoms with Gasteiger partial charge in [-0.2, -0.15) is 0 Å². The van der Waals surface area contributed by atoms with Crippen LogP contribution in [-0.4, -0.2) is 58.8 Å². The first kappa shape index (κ1) is 15.5. The smallest absolute Gasteiger partial charge is 0.322 e. The Morgan fingerprint density at radius 2 is 2.30 bits per heavy atom. The number of hydrogen-bond donors (Lipinski definition) is 4. The van der Waals surface area contributed by atoms with Crippen LogP contribution in [0.15, 0.2) is 0 Å². The van der Waals surface area contributed by atoms with E-state index in [1.54, 1.807) is 0 Å². The SMILES string of the molecule is CC1C(F)CNC2CC(C(=O)NC[C@@H](N)C(=O)O)SC21. The lowest BCUT2D eigenvalue weighted by Crippen LogP contribution is -2.50. The molecule has 2 aliphatic heterocycles. The van der Waals surface area contributed by atoms with Crippen LogP contribution >= 0.6 is 11.8 Å². The molecule has 0 aliphatic carbocycles. The maximum atomic E-state index is 13.6. The van der Waals surface area contributed by atoms with Crippen LogP contribution in [0.25, 0.3) is 0 Å². The van der Waals surface area contributed by atoms with Crippen molar-refractivity contribution in [2.75, 3.05) is 13.1 Å². The van der Waals surface area contributed by atoms with E-state index in [0.29, 0.717) is 13.0 Å². The van der Waals surface area contributed by atoms with Crippen LogP contribution in [0.4, 0.5) is 4.39 Å². The minimum absolute atomic E-state index is 0.0784. The largest absolute Gasteiger partial charge is 0.480 e. The molecule has 6 nitrogen and oxygen atoms in total. The molecule has 0 radical (unpaired) electrons. The summed E-state index contributed by atoms with van der Waals surface area (Å²) in [5, 5.41) is 14.2. The van der Waals surface area contributed by atoms with Gasteiger partial charge in [0.25, 0.3) is 0 Å². The van der Waals surface area contributed by atoms with Crippen molar-refractivity contribution in [1.82, 2.24) is 10.6 Å². The zero-order valence-corrected chi connectivity index (χ0v) is 12.0. The lowest BCUT2D eigenvalue weighted by Gasteiger charge is -2.34. The number of carboxylic acids is 1. The summed E-state index contributed by atoms with van der Waals surface area (Å²) < 4.78 is 13.6. The molecule has 0 saturated carbocycles. The Hall–Kier alpha value is -0.860. The molecular formula is C12H20FN3O3S. The van der Waals surface area contributed by atoms with Crippen molar-refractivity contribution >= 4 is 23.6 Å². The summed E-state index contributed by atoms with van der Waals surface area (Å²) in [5.41, 5.74) is 5.34. The summed E-state index contributed by atoms with van der Waals surface area (Å²) in [6, 6.07) is -0.953. The van der Waals surface area contributed by atoms with E-state index in [0.717, 1.165) is 0 Å². The minimum atomic E-state index is -1.14. The van der Waals surface area contributed by atoms with E-state index in [4.69, 9.17) is 10.8 Å². The molecule has 5 N–H and O–H groups in total. The third-order valence-corrected chi connectivity index (χ3v) is 5.76. The van der Waals surface area contributed by atoms with Crippen LogP contribution in [-0.2, 0) is 9.59 Å². The lowest BCUT2D eigenvalue weighted by atomic mass is 9.90. The molecule has 2 heterocycles. The number of thioether (sulfide) groups is 1. The Morgan fingerprint density at radius 1 is 1.60 bits per heavy atom. The van der Waals surface area contributed by atoms with Gasteiger partial charge in [-0.25, -0.2) is 4.39 Å². The van der Waals surface area contributed by atoms with Crippen molar-refractivity contribution in [3.05, 3.63) is 0 Å². The Kier molecular flexibility index (Phi) is 4.87. The number of carboxylic acid groups (broad SMARTS) is 1. The van der Waals surface area contributed by atoms with E-state index in [9.17, 15) is 14.0 Å². The first-order chi connectivity index (χ1) is 9.40. The molecule has 0 spiro atoms. The van der Waals surface area contributed by atoms with E-state index < -0.39 is 18.2 Å². The highest BCUT2D eigenvalue weighted by Crippen LogP contribution is 2.41. The first-order valence-electron chi connectivity index (χ1n) is 6.69. The molecule has 114 valence electrons. The summed E-state index contributed by atoms with van der Waals surface area (Å²) in [6.07, 6.45) is -0.244. The van der Waals surface area contributed by atoms with Crippen LogP contribution in [0.3, 0.4) is 0 Å². The number of alkyl halides is 1. The van der Waals surface area contributed by atoms with Crippen molar-refractivity contribution < 1.29 is 19.1 Å². The molecule has 0 aromatic heterocycles. The highest BCUT2D eigenvalue weighted by atomic mass is 32.2. The van der Waals surface area contributed by atoms with E-state index in [1.807, 2.05) is 6.92 Å². The Labute approximate surface area is 121 Å². The Morgan fingerprint density at radius 3 is 2.95 bits per heavy atom. The molecule has 8 heteroatoms. The molecule has 0 bridgehead atoms. The average Bonchev–Trinajstić information content (AvgIpc) is 2.84. The number of rotatable bonds is 4. The van der Waals surface area contributed by atoms with Gasteiger partial charge in [0.05, 0.1) is 5.25 Å². The Balaban J connectivity index is 1.86. The molecule has 0 aromatic rings. The molecule has 2 aliphatic rings. The van der Waals surface area contributed by atoms with Gasteiger partial charge in [0, 0.05) is 30.3 Å². The van der Waals surface area contributed by atoms with Crippen LogP contribution in [0.2, 0.25) is 0 Å². The summed E-state index contributed by atoms with van der Waals surface area (Å²) in [5.74, 6) is -1.44. The fraction of sp³-hybridized carbons (Fsp3) is 0.833. The van der Waals surface area contributed by atoms with Gasteiger partial charge < -0.3 is 21.5 Å². The molecular weight excluding hydrogens is 285 g/mol. The van der Waals surface area contributed by atoms with Gasteiger partial charge in [0.1, 0.15) is 12.2 Å². The second-order valence-corrected chi connectivity index (χ2v) is 6.79. The molecule has 6 atom stereocenters. The zero-order valence-electron chi connectivity index (χ0n) is 11.2. The molecule has 0 aromatic carbocycles. The maximum Gasteiger partial charge on any atom is 0.322 e. The molecule has 5 unspecified atom stereocenters. The van der Waals surface area contributed by atoms with Crippen LogP contribution in [0.5, 0.6) is 0 Å². The molecule has 2 fully saturated rings. The third kappa shape index (κ3) is 3.24. The second kappa shape index (κ2) is 6.28. The zero-order chi connectivity index (χ0) is 14.9. The number of carbonyl (C=O) groups excluding carboxylic acids is 1. The maximum absolute atomic E-state index is 13.6. The van der Waals surface area contributed by atoms with Gasteiger partial charge in [-0.15, -0.1) is 11.8 Å². The van der Waals surface area contributed by atoms with E-state index in [-0.39, 0.29) is 34.9 Å². The van der Waals surface area contributed by atoms with E-state index in [2.05, 4.69) is 10.6 Å². The summed E-state index contributed by atoms with van der Waals surface area (Å²) in [4.78, 5) is 22.6. The van der Waals surface area contributed by atoms with Crippen molar-refractivity contribution in [3.8, 4) is 0 Å². The summed E-state index contributed by atoms with van der Waals surface area (Å²) in [6.45, 7) is 2.12. The van der Waals surface area contributed by atoms with Gasteiger partial charge in [-0.05, 0) is 6.42 Å². The number of fused-ring (bicyclic) bond motifs is 1. The number of nitrogens with two attached hydrogens (primary N) is 1. The van der Waals surface area contributed by atoms with Crippen molar-refractivity contribution in [3.63, 3.8) is 0 Å². The van der Waals surface area contributed by atoms with Crippen LogP contribution in [0.1, 0.15) is 13.3 Å². The second-order valence-electron chi connectivity index (χ2n) is 5.40. The first-order valence-corrected chi connectivity index (χ1v) is 7.63. The quantitative estimate of drug-likeness (QED) is 0.549.